The van der Waals surface area contributed by atoms with Crippen LogP contribution >= 0.6 is 11.8 Å². The van der Waals surface area contributed by atoms with Crippen LogP contribution in [0.3, 0.4) is 0 Å². The second-order valence-corrected chi connectivity index (χ2v) is 5.37. The van der Waals surface area contributed by atoms with Crippen molar-refractivity contribution >= 4 is 23.7 Å². The Hall–Kier alpha value is -0.970. The van der Waals surface area contributed by atoms with E-state index in [1.165, 1.54) is 23.3 Å². The standard InChI is InChI=1S/C10H12N2O2S/c13-8-7-5-3-1-2-4-6(5)15-9(7)12-10(14)11-8/h7,9H,1-4H2,(H2,11,12,13,14). The van der Waals surface area contributed by atoms with E-state index in [4.69, 9.17) is 0 Å². The van der Waals surface area contributed by atoms with Crippen molar-refractivity contribution in [1.29, 1.82) is 0 Å². The number of carbonyl (C=O) groups is 2. The number of carbonyl (C=O) groups excluding carboxylic acids is 2. The summed E-state index contributed by atoms with van der Waals surface area (Å²) >= 11 is 1.67. The second kappa shape index (κ2) is 3.27. The van der Waals surface area contributed by atoms with E-state index < -0.39 is 0 Å². The summed E-state index contributed by atoms with van der Waals surface area (Å²) in [5, 5.41) is 5.12. The summed E-state index contributed by atoms with van der Waals surface area (Å²) in [5.74, 6) is -0.230. The molecule has 5 heteroatoms. The van der Waals surface area contributed by atoms with Gasteiger partial charge in [0.25, 0.3) is 0 Å². The van der Waals surface area contributed by atoms with Gasteiger partial charge in [0.2, 0.25) is 5.91 Å². The van der Waals surface area contributed by atoms with E-state index in [0.717, 1.165) is 12.8 Å². The molecule has 80 valence electrons. The van der Waals surface area contributed by atoms with E-state index >= 15 is 0 Å². The minimum atomic E-state index is -0.353. The summed E-state index contributed by atoms with van der Waals surface area (Å²) in [7, 11) is 0. The Balaban J connectivity index is 1.93. The largest absolute Gasteiger partial charge is 0.325 e. The average molecular weight is 224 g/mol. The first kappa shape index (κ1) is 9.27. The van der Waals surface area contributed by atoms with Gasteiger partial charge in [-0.15, -0.1) is 11.8 Å². The third kappa shape index (κ3) is 1.37. The molecule has 0 bridgehead atoms. The molecule has 0 radical (unpaired) electrons. The highest BCUT2D eigenvalue weighted by molar-refractivity contribution is 8.04. The van der Waals surface area contributed by atoms with Crippen molar-refractivity contribution < 1.29 is 9.59 Å². The molecule has 0 aromatic carbocycles. The number of hydrogen-bond donors (Lipinski definition) is 2. The smallest absolute Gasteiger partial charge is 0.322 e. The van der Waals surface area contributed by atoms with Gasteiger partial charge in [-0.1, -0.05) is 0 Å². The molecule has 4 nitrogen and oxygen atoms in total. The van der Waals surface area contributed by atoms with Crippen molar-refractivity contribution in [2.24, 2.45) is 5.92 Å². The number of amides is 3. The summed E-state index contributed by atoms with van der Waals surface area (Å²) in [5.41, 5.74) is 1.27. The van der Waals surface area contributed by atoms with Gasteiger partial charge < -0.3 is 5.32 Å². The molecular formula is C10H12N2O2S. The van der Waals surface area contributed by atoms with Gasteiger partial charge >= 0.3 is 6.03 Å². The van der Waals surface area contributed by atoms with Crippen molar-refractivity contribution in [2.75, 3.05) is 0 Å². The van der Waals surface area contributed by atoms with Gasteiger partial charge in [0.1, 0.15) is 0 Å². The molecule has 2 atom stereocenters. The molecule has 1 saturated heterocycles. The Bertz CT molecular complexity index is 378. The van der Waals surface area contributed by atoms with Gasteiger partial charge in [-0.2, -0.15) is 0 Å². The van der Waals surface area contributed by atoms with Gasteiger partial charge in [-0.05, 0) is 36.2 Å². The third-order valence-corrected chi connectivity index (χ3v) is 4.59. The highest BCUT2D eigenvalue weighted by Gasteiger charge is 2.44. The topological polar surface area (TPSA) is 58.2 Å². The lowest BCUT2D eigenvalue weighted by atomic mass is 9.88. The lowest BCUT2D eigenvalue weighted by Crippen LogP contribution is -2.56. The molecule has 2 aliphatic heterocycles. The number of hydrogen-bond acceptors (Lipinski definition) is 3. The molecule has 3 aliphatic rings. The Morgan fingerprint density at radius 2 is 2.00 bits per heavy atom. The van der Waals surface area contributed by atoms with E-state index in [0.29, 0.717) is 0 Å². The van der Waals surface area contributed by atoms with Crippen LogP contribution in [0.5, 0.6) is 0 Å². The molecule has 2 N–H and O–H groups in total. The molecule has 0 aromatic rings. The van der Waals surface area contributed by atoms with Gasteiger partial charge in [0.05, 0.1) is 11.3 Å². The highest BCUT2D eigenvalue weighted by atomic mass is 32.2. The van der Waals surface area contributed by atoms with Crippen molar-refractivity contribution in [1.82, 2.24) is 10.6 Å². The van der Waals surface area contributed by atoms with Gasteiger partial charge in [0.15, 0.2) is 0 Å². The zero-order valence-corrected chi connectivity index (χ0v) is 9.02. The zero-order valence-electron chi connectivity index (χ0n) is 8.21. The number of fused-ring (bicyclic) bond motifs is 2. The molecule has 0 aromatic heterocycles. The van der Waals surface area contributed by atoms with E-state index in [1.807, 2.05) is 0 Å². The van der Waals surface area contributed by atoms with E-state index in [1.54, 1.807) is 11.8 Å². The van der Waals surface area contributed by atoms with Crippen molar-refractivity contribution in [3.05, 3.63) is 10.5 Å². The first-order valence-electron chi connectivity index (χ1n) is 5.25. The van der Waals surface area contributed by atoms with Crippen LogP contribution in [0.1, 0.15) is 25.7 Å². The van der Waals surface area contributed by atoms with E-state index in [-0.39, 0.29) is 23.2 Å². The maximum Gasteiger partial charge on any atom is 0.322 e. The Morgan fingerprint density at radius 3 is 2.87 bits per heavy atom. The quantitative estimate of drug-likeness (QED) is 0.653. The van der Waals surface area contributed by atoms with E-state index in [9.17, 15) is 9.59 Å². The van der Waals surface area contributed by atoms with Crippen LogP contribution in [0.15, 0.2) is 10.5 Å². The van der Waals surface area contributed by atoms with Crippen LogP contribution in [0.4, 0.5) is 4.79 Å². The normalized spacial score (nSPS) is 34.4. The molecule has 15 heavy (non-hydrogen) atoms. The van der Waals surface area contributed by atoms with E-state index in [2.05, 4.69) is 10.6 Å². The maximum atomic E-state index is 11.7. The summed E-state index contributed by atoms with van der Waals surface area (Å²) < 4.78 is 0. The second-order valence-electron chi connectivity index (χ2n) is 4.13. The third-order valence-electron chi connectivity index (χ3n) is 3.20. The number of rotatable bonds is 0. The SMILES string of the molecule is O=C1NC(=O)C2C3=C(CCCC3)SC2N1. The summed E-state index contributed by atoms with van der Waals surface area (Å²) in [6.07, 6.45) is 4.48. The van der Waals surface area contributed by atoms with Crippen LogP contribution in [0.25, 0.3) is 0 Å². The van der Waals surface area contributed by atoms with Crippen LogP contribution in [-0.4, -0.2) is 17.3 Å². The van der Waals surface area contributed by atoms with Crippen molar-refractivity contribution in [3.63, 3.8) is 0 Å². The molecule has 0 saturated carbocycles. The molecule has 3 rings (SSSR count). The molecule has 1 aliphatic carbocycles. The van der Waals surface area contributed by atoms with Gasteiger partial charge in [-0.3, -0.25) is 10.1 Å². The van der Waals surface area contributed by atoms with Crippen molar-refractivity contribution in [3.8, 4) is 0 Å². The summed E-state index contributed by atoms with van der Waals surface area (Å²) in [4.78, 5) is 24.2. The fraction of sp³-hybridized carbons (Fsp3) is 0.600. The maximum absolute atomic E-state index is 11.7. The number of allylic oxidation sites excluding steroid dienone is 1. The molecule has 0 spiro atoms. The Morgan fingerprint density at radius 1 is 1.20 bits per heavy atom. The van der Waals surface area contributed by atoms with Crippen LogP contribution in [0.2, 0.25) is 0 Å². The van der Waals surface area contributed by atoms with Crippen molar-refractivity contribution in [2.45, 2.75) is 31.1 Å². The van der Waals surface area contributed by atoms with Gasteiger partial charge in [0, 0.05) is 0 Å². The minimum Gasteiger partial charge on any atom is -0.325 e. The average Bonchev–Trinajstić information content (AvgIpc) is 2.54. The lowest BCUT2D eigenvalue weighted by molar-refractivity contribution is -0.123. The lowest BCUT2D eigenvalue weighted by Gasteiger charge is -2.27. The number of nitrogens with one attached hydrogen (secondary N) is 2. The van der Waals surface area contributed by atoms with Gasteiger partial charge in [-0.25, -0.2) is 4.79 Å². The molecule has 1 fully saturated rings. The zero-order chi connectivity index (χ0) is 10.4. The fourth-order valence-corrected chi connectivity index (χ4v) is 4.07. The van der Waals surface area contributed by atoms with Crippen LogP contribution < -0.4 is 10.6 Å². The fourth-order valence-electron chi connectivity index (χ4n) is 2.53. The minimum absolute atomic E-state index is 0.0469. The molecular weight excluding hydrogens is 212 g/mol. The number of thioether (sulfide) groups is 1. The van der Waals surface area contributed by atoms with Crippen LogP contribution in [0, 0.1) is 5.92 Å². The Labute approximate surface area is 91.9 Å². The summed E-state index contributed by atoms with van der Waals surface area (Å²) in [6.45, 7) is 0. The number of imide groups is 1. The van der Waals surface area contributed by atoms with Crippen LogP contribution in [-0.2, 0) is 4.79 Å². The Kier molecular flexibility index (Phi) is 2.02. The first-order valence-corrected chi connectivity index (χ1v) is 6.13. The monoisotopic (exact) mass is 224 g/mol. The first-order chi connectivity index (χ1) is 7.25. The summed E-state index contributed by atoms with van der Waals surface area (Å²) in [6, 6.07) is -0.353. The predicted molar refractivity (Wildman–Crippen MR) is 57.0 cm³/mol. The molecule has 2 unspecified atom stereocenters. The predicted octanol–water partition coefficient (Wildman–Crippen LogP) is 1.34. The molecule has 3 amide bonds. The molecule has 2 heterocycles. The number of urea groups is 1. The highest BCUT2D eigenvalue weighted by Crippen LogP contribution is 2.48.